The Labute approximate surface area is 195 Å². The Balaban J connectivity index is 1.17. The van der Waals surface area contributed by atoms with E-state index in [2.05, 4.69) is 19.9 Å². The monoisotopic (exact) mass is 480 g/mol. The highest BCUT2D eigenvalue weighted by Gasteiger charge is 2.31. The van der Waals surface area contributed by atoms with Crippen molar-refractivity contribution in [2.24, 2.45) is 0 Å². The predicted octanol–water partition coefficient (Wildman–Crippen LogP) is 1.66. The molecule has 0 aliphatic carbocycles. The third-order valence-electron chi connectivity index (χ3n) is 6.09. The molecule has 1 amide bonds. The third kappa shape index (κ3) is 4.19. The Kier molecular flexibility index (Phi) is 5.88. The molecule has 1 aromatic carbocycles. The molecule has 0 atom stereocenters. The normalized spacial score (nSPS) is 15.2. The van der Waals surface area contributed by atoms with Crippen LogP contribution in [-0.4, -0.2) is 69.6 Å². The van der Waals surface area contributed by atoms with E-state index in [4.69, 9.17) is 0 Å². The van der Waals surface area contributed by atoms with Crippen LogP contribution in [0.15, 0.2) is 58.5 Å². The van der Waals surface area contributed by atoms with Gasteiger partial charge in [0.15, 0.2) is 0 Å². The highest BCUT2D eigenvalue weighted by atomic mass is 32.2. The Bertz CT molecular complexity index is 1520. The number of pyridine rings is 1. The first-order valence-electron chi connectivity index (χ1n) is 11.1. The first-order chi connectivity index (χ1) is 16.4. The van der Waals surface area contributed by atoms with Gasteiger partial charge >= 0.3 is 0 Å². The van der Waals surface area contributed by atoms with Crippen molar-refractivity contribution in [3.63, 3.8) is 0 Å². The molecule has 11 heteroatoms. The minimum Gasteiger partial charge on any atom is -0.345 e. The zero-order chi connectivity index (χ0) is 23.7. The lowest BCUT2D eigenvalue weighted by molar-refractivity contribution is -0.132. The Morgan fingerprint density at radius 1 is 1.03 bits per heavy atom. The Morgan fingerprint density at radius 2 is 1.79 bits per heavy atom. The summed E-state index contributed by atoms with van der Waals surface area (Å²) in [7, 11) is -3.69. The zero-order valence-corrected chi connectivity index (χ0v) is 19.2. The number of fused-ring (bicyclic) bond motifs is 2. The molecule has 4 aromatic rings. The van der Waals surface area contributed by atoms with E-state index >= 15 is 0 Å². The number of para-hydroxylation sites is 1. The zero-order valence-electron chi connectivity index (χ0n) is 18.4. The van der Waals surface area contributed by atoms with Gasteiger partial charge in [0.2, 0.25) is 15.9 Å². The van der Waals surface area contributed by atoms with Gasteiger partial charge in [-0.1, -0.05) is 12.1 Å². The number of nitrogens with one attached hydrogen (secondary N) is 2. The van der Waals surface area contributed by atoms with Crippen LogP contribution in [0.2, 0.25) is 0 Å². The molecule has 5 rings (SSSR count). The number of benzene rings is 1. The van der Waals surface area contributed by atoms with E-state index in [0.29, 0.717) is 60.1 Å². The summed E-state index contributed by atoms with van der Waals surface area (Å²) in [4.78, 5) is 41.1. The van der Waals surface area contributed by atoms with Gasteiger partial charge in [0.1, 0.15) is 16.4 Å². The minimum atomic E-state index is -3.69. The fraction of sp³-hybridized carbons (Fsp3) is 0.304. The van der Waals surface area contributed by atoms with Gasteiger partial charge in [-0.15, -0.1) is 0 Å². The van der Waals surface area contributed by atoms with Crippen LogP contribution in [0.1, 0.15) is 18.7 Å². The van der Waals surface area contributed by atoms with Crippen molar-refractivity contribution < 1.29 is 13.2 Å². The standard InChI is InChI=1S/C23H24N6O4S/c30-21(9-3-8-20-26-18-7-2-1-5-16(18)23(31)27-20)28-11-13-29(14-12-28)34(32,33)19-15-25-22-17(19)6-4-10-24-22/h1-2,4-7,10,15H,3,8-9,11-14H2,(H,24,25)(H,26,27,31). The molecule has 0 unspecified atom stereocenters. The molecule has 0 bridgehead atoms. The molecule has 2 N–H and O–H groups in total. The van der Waals surface area contributed by atoms with Gasteiger partial charge in [-0.05, 0) is 30.7 Å². The molecule has 34 heavy (non-hydrogen) atoms. The molecule has 10 nitrogen and oxygen atoms in total. The van der Waals surface area contributed by atoms with Gasteiger partial charge in [-0.25, -0.2) is 18.4 Å². The van der Waals surface area contributed by atoms with Crippen LogP contribution in [0.4, 0.5) is 0 Å². The minimum absolute atomic E-state index is 0.0310. The van der Waals surface area contributed by atoms with Crippen LogP contribution >= 0.6 is 0 Å². The van der Waals surface area contributed by atoms with Crippen molar-refractivity contribution in [3.05, 3.63) is 65.0 Å². The third-order valence-corrected chi connectivity index (χ3v) is 8.03. The highest BCUT2D eigenvalue weighted by molar-refractivity contribution is 7.89. The first-order valence-corrected chi connectivity index (χ1v) is 12.6. The molecule has 176 valence electrons. The molecular formula is C23H24N6O4S. The summed E-state index contributed by atoms with van der Waals surface area (Å²) in [6, 6.07) is 10.6. The fourth-order valence-electron chi connectivity index (χ4n) is 4.28. The van der Waals surface area contributed by atoms with Gasteiger partial charge in [0.25, 0.3) is 5.56 Å². The van der Waals surface area contributed by atoms with Crippen molar-refractivity contribution >= 4 is 37.9 Å². The molecule has 0 spiro atoms. The van der Waals surface area contributed by atoms with Gasteiger partial charge in [-0.2, -0.15) is 4.31 Å². The van der Waals surface area contributed by atoms with Gasteiger partial charge < -0.3 is 14.9 Å². The van der Waals surface area contributed by atoms with E-state index in [1.165, 1.54) is 10.5 Å². The Morgan fingerprint density at radius 3 is 2.62 bits per heavy atom. The summed E-state index contributed by atoms with van der Waals surface area (Å²) in [5.41, 5.74) is 0.975. The second-order valence-corrected chi connectivity index (χ2v) is 10.1. The number of amides is 1. The van der Waals surface area contributed by atoms with Crippen LogP contribution in [0.5, 0.6) is 0 Å². The number of carbonyl (C=O) groups excluding carboxylic acids is 1. The maximum Gasteiger partial charge on any atom is 0.258 e. The number of aromatic amines is 2. The SMILES string of the molecule is O=C(CCCc1nc2ccccc2c(=O)[nH]1)N1CCN(S(=O)(=O)c2c[nH]c3ncccc23)CC1. The number of sulfonamides is 1. The largest absolute Gasteiger partial charge is 0.345 e. The Hall–Kier alpha value is -3.57. The average Bonchev–Trinajstić information content (AvgIpc) is 3.29. The summed E-state index contributed by atoms with van der Waals surface area (Å²) >= 11 is 0. The topological polar surface area (TPSA) is 132 Å². The van der Waals surface area contributed by atoms with Crippen LogP contribution < -0.4 is 5.56 Å². The van der Waals surface area contributed by atoms with Crippen molar-refractivity contribution in [2.45, 2.75) is 24.2 Å². The van der Waals surface area contributed by atoms with Gasteiger partial charge in [-0.3, -0.25) is 9.59 Å². The second kappa shape index (κ2) is 8.99. The van der Waals surface area contributed by atoms with Crippen LogP contribution in [0.3, 0.4) is 0 Å². The maximum atomic E-state index is 13.1. The van der Waals surface area contributed by atoms with Crippen LogP contribution in [0.25, 0.3) is 21.9 Å². The molecule has 4 heterocycles. The molecular weight excluding hydrogens is 456 g/mol. The number of aromatic nitrogens is 4. The lowest BCUT2D eigenvalue weighted by atomic mass is 10.2. The number of H-pyrrole nitrogens is 2. The van der Waals surface area contributed by atoms with Crippen molar-refractivity contribution in [2.75, 3.05) is 26.2 Å². The number of hydrogen-bond donors (Lipinski definition) is 2. The van der Waals surface area contributed by atoms with Crippen LogP contribution in [0, 0.1) is 0 Å². The number of piperazine rings is 1. The fourth-order valence-corrected chi connectivity index (χ4v) is 5.85. The van der Waals surface area contributed by atoms with Gasteiger partial charge in [0, 0.05) is 56.8 Å². The van der Waals surface area contributed by atoms with E-state index in [9.17, 15) is 18.0 Å². The van der Waals surface area contributed by atoms with Crippen LogP contribution in [-0.2, 0) is 21.2 Å². The molecule has 1 aliphatic rings. The van der Waals surface area contributed by atoms with E-state index in [1.54, 1.807) is 41.4 Å². The summed E-state index contributed by atoms with van der Waals surface area (Å²) < 4.78 is 27.7. The van der Waals surface area contributed by atoms with Crippen molar-refractivity contribution in [1.82, 2.24) is 29.1 Å². The molecule has 1 aliphatic heterocycles. The summed E-state index contributed by atoms with van der Waals surface area (Å²) in [6.07, 6.45) is 4.40. The van der Waals surface area contributed by atoms with E-state index in [0.717, 1.165) is 0 Å². The number of nitrogens with zero attached hydrogens (tertiary/aromatic N) is 4. The number of carbonyl (C=O) groups is 1. The smallest absolute Gasteiger partial charge is 0.258 e. The lowest BCUT2D eigenvalue weighted by Crippen LogP contribution is -2.50. The van der Waals surface area contributed by atoms with Gasteiger partial charge in [0.05, 0.1) is 10.9 Å². The second-order valence-electron chi connectivity index (χ2n) is 8.22. The predicted molar refractivity (Wildman–Crippen MR) is 127 cm³/mol. The van der Waals surface area contributed by atoms with E-state index in [-0.39, 0.29) is 29.5 Å². The molecule has 3 aromatic heterocycles. The van der Waals surface area contributed by atoms with E-state index in [1.807, 2.05) is 6.07 Å². The first kappa shape index (κ1) is 22.2. The summed E-state index contributed by atoms with van der Waals surface area (Å²) in [5, 5.41) is 1.10. The summed E-state index contributed by atoms with van der Waals surface area (Å²) in [6.45, 7) is 1.15. The molecule has 1 saturated heterocycles. The molecule has 0 radical (unpaired) electrons. The number of rotatable bonds is 6. The quantitative estimate of drug-likeness (QED) is 0.431. The lowest BCUT2D eigenvalue weighted by Gasteiger charge is -2.34. The highest BCUT2D eigenvalue weighted by Crippen LogP contribution is 2.25. The van der Waals surface area contributed by atoms with E-state index < -0.39 is 10.0 Å². The summed E-state index contributed by atoms with van der Waals surface area (Å²) in [5.74, 6) is 0.525. The molecule has 1 fully saturated rings. The number of aryl methyl sites for hydroxylation is 1. The maximum absolute atomic E-state index is 13.1. The van der Waals surface area contributed by atoms with Crippen molar-refractivity contribution in [3.8, 4) is 0 Å². The van der Waals surface area contributed by atoms with Crippen molar-refractivity contribution in [1.29, 1.82) is 0 Å². The molecule has 0 saturated carbocycles. The number of hydrogen-bond acceptors (Lipinski definition) is 6. The average molecular weight is 481 g/mol.